The van der Waals surface area contributed by atoms with E-state index in [2.05, 4.69) is 104 Å². The summed E-state index contributed by atoms with van der Waals surface area (Å²) in [6, 6.07) is 34.2. The van der Waals surface area contributed by atoms with E-state index in [1.54, 1.807) is 313 Å². The van der Waals surface area contributed by atoms with Gasteiger partial charge in [0.15, 0.2) is 0 Å². The van der Waals surface area contributed by atoms with E-state index in [4.69, 9.17) is 0 Å². The molecular weight excluding hydrogens is 1200 g/mol. The molecular formula is C93H28N6. The van der Waals surface area contributed by atoms with Gasteiger partial charge in [-0.15, -0.1) is 0 Å². The number of hydrogen-bond donors (Lipinski definition) is 0. The maximum absolute atomic E-state index is 11.3. The Hall–Kier alpha value is -12.7. The lowest BCUT2D eigenvalue weighted by molar-refractivity contribution is 0.271. The second-order valence-electron chi connectivity index (χ2n) is 32.6. The maximum atomic E-state index is 11.3. The third kappa shape index (κ3) is 2.93. The van der Waals surface area contributed by atoms with Gasteiger partial charge in [0, 0.05) is 42.2 Å². The lowest BCUT2D eigenvalue weighted by atomic mass is 9.47. The van der Waals surface area contributed by atoms with Gasteiger partial charge in [-0.05, 0) is 374 Å². The minimum absolute atomic E-state index is 0.0245. The molecule has 1 heterocycles. The molecule has 0 bridgehead atoms. The number of nitriles is 4. The summed E-state index contributed by atoms with van der Waals surface area (Å²) in [4.78, 5) is 5.18. The standard InChI is InChI=1S/C93H28N6/c1-4-99(5-2)30-16-14-26(15-17-30)31(24-8-6-23(7-9-24)28(18-94)19-95)32(29(20-96)21-97)25-10-12-27(13-11-25)91-93-89-83-77-67-55-47-39-35-33-34-37-41(39)49(55)59-53-45(37)46-38(34)42-40-36(33)44-43(35)51-57(47)65-71-61(51)62-52(44)58-48(40)56-50(42)60-54(46)64-63(53)75(69(59)77)85(89)86-76(64)70(60)78-68(56)74-66(58)72(62)80-79(71)87(81(83)73(65)67)92(93,22-98(91)3)88(80)82(74)84(78)90(86)93/h6-17,91H,4-5,22H2,1-3H3. The fourth-order valence-corrected chi connectivity index (χ4v) is 29.8. The number of rotatable bonds is 7. The van der Waals surface area contributed by atoms with E-state index in [1.165, 1.54) is 5.56 Å². The van der Waals surface area contributed by atoms with Crippen LogP contribution in [0.1, 0.15) is 58.8 Å². The van der Waals surface area contributed by atoms with Gasteiger partial charge in [-0.3, -0.25) is 4.90 Å². The molecule has 1 aliphatic heterocycles. The molecule has 1 fully saturated rings. The summed E-state index contributed by atoms with van der Waals surface area (Å²) in [5.41, 5.74) is 10.9. The van der Waals surface area contributed by atoms with Gasteiger partial charge in [-0.2, -0.15) is 21.0 Å². The summed E-state index contributed by atoms with van der Waals surface area (Å²) in [6.45, 7) is 6.92. The van der Waals surface area contributed by atoms with E-state index in [0.717, 1.165) is 47.2 Å². The summed E-state index contributed by atoms with van der Waals surface area (Å²) >= 11 is 0. The Morgan fingerprint density at radius 2 is 0.616 bits per heavy atom. The molecule has 4 aliphatic carbocycles. The molecule has 6 nitrogen and oxygen atoms in total. The molecule has 0 amide bonds. The van der Waals surface area contributed by atoms with Crippen LogP contribution in [0.3, 0.4) is 0 Å². The van der Waals surface area contributed by atoms with Crippen molar-refractivity contribution in [1.82, 2.24) is 4.90 Å². The van der Waals surface area contributed by atoms with Crippen molar-refractivity contribution in [3.63, 3.8) is 0 Å². The van der Waals surface area contributed by atoms with Gasteiger partial charge in [0.05, 0.1) is 10.8 Å². The zero-order chi connectivity index (χ0) is 62.4. The third-order valence-electron chi connectivity index (χ3n) is 31.1. The highest BCUT2D eigenvalue weighted by molar-refractivity contribution is 6.82. The van der Waals surface area contributed by atoms with Crippen LogP contribution in [0.2, 0.25) is 0 Å². The molecule has 0 saturated carbocycles. The number of nitrogens with zero attached hydrogens (tertiary/aromatic N) is 6. The van der Waals surface area contributed by atoms with Crippen molar-refractivity contribution in [3.05, 3.63) is 128 Å². The van der Waals surface area contributed by atoms with Crippen molar-refractivity contribution >= 4 is 313 Å². The van der Waals surface area contributed by atoms with E-state index in [1.807, 2.05) is 24.3 Å². The zero-order valence-corrected chi connectivity index (χ0v) is 52.3. The van der Waals surface area contributed by atoms with Gasteiger partial charge in [0.2, 0.25) is 0 Å². The second-order valence-corrected chi connectivity index (χ2v) is 32.6. The van der Waals surface area contributed by atoms with Gasteiger partial charge >= 0.3 is 0 Å². The van der Waals surface area contributed by atoms with E-state index >= 15 is 0 Å². The van der Waals surface area contributed by atoms with Gasteiger partial charge in [-0.25, -0.2) is 0 Å². The number of likely N-dealkylation sites (N-methyl/N-ethyl adjacent to an activating group) is 1. The first-order chi connectivity index (χ1) is 49.0. The topological polar surface area (TPSA) is 102 Å². The van der Waals surface area contributed by atoms with Gasteiger partial charge < -0.3 is 4.90 Å². The first-order valence-electron chi connectivity index (χ1n) is 35.6. The molecule has 2 spiro atoms. The number of hydrogen-bond acceptors (Lipinski definition) is 6. The molecule has 1 unspecified atom stereocenters. The average molecular weight is 1230 g/mol. The largest absolute Gasteiger partial charge is 0.372 e. The smallest absolute Gasteiger partial charge is 0.138 e. The van der Waals surface area contributed by atoms with Crippen molar-refractivity contribution in [3.8, 4) is 24.3 Å². The fraction of sp³-hybridized carbons (Fsp3) is 0.0968. The molecule has 31 aromatic rings. The molecule has 31 aromatic carbocycles. The van der Waals surface area contributed by atoms with Crippen molar-refractivity contribution in [1.29, 1.82) is 21.0 Å². The Morgan fingerprint density at radius 3 is 0.899 bits per heavy atom. The first kappa shape index (κ1) is 43.4. The minimum Gasteiger partial charge on any atom is -0.372 e. The Kier molecular flexibility index (Phi) is 4.97. The monoisotopic (exact) mass is 1230 g/mol. The van der Waals surface area contributed by atoms with Crippen LogP contribution in [0.4, 0.5) is 5.69 Å². The van der Waals surface area contributed by atoms with Crippen LogP contribution >= 0.6 is 0 Å². The van der Waals surface area contributed by atoms with Crippen LogP contribution in [0.15, 0.2) is 78.4 Å². The van der Waals surface area contributed by atoms with Crippen LogP contribution in [-0.4, -0.2) is 31.6 Å². The Balaban J connectivity index is 0.783. The van der Waals surface area contributed by atoms with Gasteiger partial charge in [-0.1, -0.05) is 60.7 Å². The number of anilines is 1. The van der Waals surface area contributed by atoms with Gasteiger partial charge in [0.1, 0.15) is 35.4 Å². The lowest BCUT2D eigenvalue weighted by Gasteiger charge is -2.52. The highest BCUT2D eigenvalue weighted by Crippen LogP contribution is 2.87. The summed E-state index contributed by atoms with van der Waals surface area (Å²) in [5.74, 6) is 0. The minimum atomic E-state index is -0.563. The number of benzene rings is 21. The second kappa shape index (κ2) is 11.3. The van der Waals surface area contributed by atoms with Gasteiger partial charge in [0.25, 0.3) is 0 Å². The lowest BCUT2D eigenvalue weighted by Crippen LogP contribution is -2.51. The summed E-state index contributed by atoms with van der Waals surface area (Å²) in [6.07, 6.45) is 0. The summed E-state index contributed by atoms with van der Waals surface area (Å²) in [7, 11) is 2.50. The van der Waals surface area contributed by atoms with Crippen molar-refractivity contribution in [2.45, 2.75) is 30.7 Å². The molecule has 6 heteroatoms. The highest BCUT2D eigenvalue weighted by Gasteiger charge is 2.76. The first-order valence-corrected chi connectivity index (χ1v) is 35.6. The zero-order valence-electron chi connectivity index (χ0n) is 52.3. The van der Waals surface area contributed by atoms with Crippen molar-refractivity contribution in [2.75, 3.05) is 31.6 Å². The summed E-state index contributed by atoms with van der Waals surface area (Å²) in [5, 5.41) is 130. The van der Waals surface area contributed by atoms with Crippen LogP contribution in [0.25, 0.3) is 308 Å². The van der Waals surface area contributed by atoms with Crippen LogP contribution < -0.4 is 15.3 Å². The predicted octanol–water partition coefficient (Wildman–Crippen LogP) is 20.7. The Morgan fingerprint density at radius 1 is 0.343 bits per heavy atom. The van der Waals surface area contributed by atoms with Crippen molar-refractivity contribution in [2.24, 2.45) is 0 Å². The third-order valence-corrected chi connectivity index (χ3v) is 31.1. The van der Waals surface area contributed by atoms with Crippen LogP contribution in [-0.2, 0) is 10.8 Å². The molecule has 430 valence electrons. The molecule has 5 aliphatic rings. The molecule has 0 aromatic heterocycles. The number of likely N-dealkylation sites (tertiary alicyclic amines) is 1. The predicted molar refractivity (Wildman–Crippen MR) is 407 cm³/mol. The number of allylic oxidation sites excluding steroid dienone is 2. The SMILES string of the molecule is CCN(CC)c1ccc(C(C(=C(C#N)C#N)c2ccc(C3N(C)CC45c6c7c8c9c%10c%11c(c%12c%13c4c4c6c6c%14c7c7c8c8c%10c%10c%15c%11c%11c%12c%12c%13c%13c4c4c6c6c%14c%14c7c7c8c%10c8c%10c%15c%11c%11c%12c%12c%13c4c4c6c6c%14c7c8c7c%10c%11c%12c4c67)C935)cc2)=c2ccc(=C(C#N)C#N)cc2)cc1. The van der Waals surface area contributed by atoms with Crippen molar-refractivity contribution < 1.29 is 0 Å². The van der Waals surface area contributed by atoms with E-state index < -0.39 is 10.8 Å². The highest BCUT2D eigenvalue weighted by atomic mass is 15.2. The van der Waals surface area contributed by atoms with Crippen LogP contribution in [0.5, 0.6) is 0 Å². The molecule has 36 rings (SSSR count). The van der Waals surface area contributed by atoms with Crippen LogP contribution in [0, 0.1) is 45.3 Å². The molecule has 0 N–H and O–H groups in total. The maximum Gasteiger partial charge on any atom is 0.138 e. The molecule has 0 radical (unpaired) electrons. The Bertz CT molecular complexity index is 9190. The summed E-state index contributed by atoms with van der Waals surface area (Å²) < 4.78 is 0. The van der Waals surface area contributed by atoms with E-state index in [-0.39, 0.29) is 17.2 Å². The quantitative estimate of drug-likeness (QED) is 0.116. The van der Waals surface area contributed by atoms with E-state index in [0.29, 0.717) is 10.8 Å². The van der Waals surface area contributed by atoms with E-state index in [9.17, 15) is 21.0 Å². The normalized spacial score (nSPS) is 19.8. The molecule has 1 atom stereocenters. The molecule has 99 heavy (non-hydrogen) atoms. The average Bonchev–Trinajstić information content (AvgIpc) is 1.38. The molecule has 1 saturated heterocycles. The Labute approximate surface area is 550 Å². The fourth-order valence-electron chi connectivity index (χ4n) is 29.8.